The predicted octanol–water partition coefficient (Wildman–Crippen LogP) is 3.52. The molecule has 0 saturated carbocycles. The summed E-state index contributed by atoms with van der Waals surface area (Å²) in [6, 6.07) is 8.42. The fourth-order valence-electron chi connectivity index (χ4n) is 5.76. The zero-order chi connectivity index (χ0) is 32.7. The lowest BCUT2D eigenvalue weighted by atomic mass is 10.2. The number of allylic oxidation sites excluding steroid dienone is 2. The smallest absolute Gasteiger partial charge is 0.379 e. The van der Waals surface area contributed by atoms with Crippen LogP contribution in [0.2, 0.25) is 0 Å². The number of aryl methyl sites for hydroxylation is 2. The Bertz CT molecular complexity index is 1880. The van der Waals surface area contributed by atoms with Crippen molar-refractivity contribution < 1.29 is 43.9 Å². The first-order valence-electron chi connectivity index (χ1n) is 14.3. The summed E-state index contributed by atoms with van der Waals surface area (Å²) in [6.07, 6.45) is 0.868. The van der Waals surface area contributed by atoms with Gasteiger partial charge in [0.25, 0.3) is 15.9 Å². The van der Waals surface area contributed by atoms with Crippen LogP contribution in [0.25, 0.3) is 17.1 Å². The van der Waals surface area contributed by atoms with E-state index in [1.807, 2.05) is 16.7 Å². The molecule has 11 nitrogen and oxygen atoms in total. The molecule has 0 aliphatic carbocycles. The largest absolute Gasteiger partial charge is 0.416 e. The molecular formula is C29H35F3N5O6S2+. The fourth-order valence-corrected chi connectivity index (χ4v) is 7.68. The van der Waals surface area contributed by atoms with Crippen molar-refractivity contribution in [3.63, 3.8) is 0 Å². The van der Waals surface area contributed by atoms with Crippen LogP contribution in [-0.2, 0) is 45.1 Å². The van der Waals surface area contributed by atoms with E-state index in [0.29, 0.717) is 48.1 Å². The van der Waals surface area contributed by atoms with Crippen LogP contribution in [0.15, 0.2) is 59.3 Å². The lowest BCUT2D eigenvalue weighted by Gasteiger charge is -2.26. The molecule has 1 fully saturated rings. The predicted molar refractivity (Wildman–Crippen MR) is 164 cm³/mol. The number of imidazole rings is 1. The van der Waals surface area contributed by atoms with Crippen molar-refractivity contribution >= 4 is 48.6 Å². The van der Waals surface area contributed by atoms with Crippen molar-refractivity contribution in [2.45, 2.75) is 24.4 Å². The Hall–Kier alpha value is -3.44. The minimum Gasteiger partial charge on any atom is -0.379 e. The second kappa shape index (κ2) is 12.4. The van der Waals surface area contributed by atoms with Crippen molar-refractivity contribution in [3.05, 3.63) is 65.8 Å². The summed E-state index contributed by atoms with van der Waals surface area (Å²) < 4.78 is 109. The standard InChI is InChI=1S/C29H34F3N5O6S2/c1-4-36-24-12-10-22(45(41,42)35-14-16-43-17-15-35)20-26(24)37(13-6-18-44(38,39)40)28(36)8-5-7-27-33(2)23-11-9-21(29(30,31)32)19-25(23)34(27)3/h5,7-12,19-20H,4,6,13-18H2,1-3H3/p+1. The first-order chi connectivity index (χ1) is 21.1. The Morgan fingerprint density at radius 1 is 1.02 bits per heavy atom. The Balaban J connectivity index is 1.53. The second-order valence-corrected chi connectivity index (χ2v) is 14.3. The van der Waals surface area contributed by atoms with E-state index >= 15 is 0 Å². The number of hydrogen-bond donors (Lipinski definition) is 1. The third kappa shape index (κ3) is 6.60. The maximum atomic E-state index is 13.4. The van der Waals surface area contributed by atoms with Crippen LogP contribution >= 0.6 is 0 Å². The van der Waals surface area contributed by atoms with E-state index in [-0.39, 0.29) is 31.0 Å². The van der Waals surface area contributed by atoms with Gasteiger partial charge in [-0.1, -0.05) is 6.08 Å². The Labute approximate surface area is 260 Å². The lowest BCUT2D eigenvalue weighted by molar-refractivity contribution is -0.647. The first kappa shape index (κ1) is 32.9. The van der Waals surface area contributed by atoms with Gasteiger partial charge < -0.3 is 14.5 Å². The van der Waals surface area contributed by atoms with Gasteiger partial charge in [0, 0.05) is 38.3 Å². The SMILES string of the molecule is CCN1/C(=C\C=C\c2n(C)c3cc(C(F)(F)F)ccc3[n+]2C)N(CCCS(=O)(=O)O)c2cc(S(=O)(=O)N3CCOCC3)ccc21. The number of fused-ring (bicyclic) bond motifs is 2. The van der Waals surface area contributed by atoms with E-state index < -0.39 is 37.6 Å². The van der Waals surface area contributed by atoms with Crippen molar-refractivity contribution in [1.29, 1.82) is 0 Å². The van der Waals surface area contributed by atoms with E-state index in [4.69, 9.17) is 4.74 Å². The molecule has 3 aromatic rings. The highest BCUT2D eigenvalue weighted by atomic mass is 32.2. The third-order valence-electron chi connectivity index (χ3n) is 7.99. The molecule has 1 aromatic heterocycles. The maximum Gasteiger partial charge on any atom is 0.416 e. The molecule has 0 unspecified atom stereocenters. The highest BCUT2D eigenvalue weighted by Gasteiger charge is 2.34. The number of aromatic nitrogens is 2. The minimum atomic E-state index is -4.47. The highest BCUT2D eigenvalue weighted by molar-refractivity contribution is 7.89. The van der Waals surface area contributed by atoms with Crippen molar-refractivity contribution in [2.24, 2.45) is 14.1 Å². The molecule has 0 spiro atoms. The van der Waals surface area contributed by atoms with E-state index in [0.717, 1.165) is 17.8 Å². The average molecular weight is 671 g/mol. The molecule has 2 aromatic carbocycles. The van der Waals surface area contributed by atoms with E-state index in [9.17, 15) is 34.6 Å². The monoisotopic (exact) mass is 670 g/mol. The Morgan fingerprint density at radius 3 is 2.38 bits per heavy atom. The molecule has 3 heterocycles. The number of benzene rings is 2. The van der Waals surface area contributed by atoms with Gasteiger partial charge in [-0.25, -0.2) is 17.6 Å². The number of hydrogen-bond acceptors (Lipinski definition) is 7. The molecule has 0 radical (unpaired) electrons. The van der Waals surface area contributed by atoms with E-state index in [2.05, 4.69) is 0 Å². The number of ether oxygens (including phenoxy) is 1. The van der Waals surface area contributed by atoms with Crippen molar-refractivity contribution in [2.75, 3.05) is 54.9 Å². The van der Waals surface area contributed by atoms with E-state index in [1.54, 1.807) is 59.7 Å². The van der Waals surface area contributed by atoms with Crippen LogP contribution in [0, 0.1) is 0 Å². The summed E-state index contributed by atoms with van der Waals surface area (Å²) in [4.78, 5) is 3.86. The van der Waals surface area contributed by atoms with Crippen molar-refractivity contribution in [1.82, 2.24) is 8.87 Å². The van der Waals surface area contributed by atoms with Gasteiger partial charge in [0.15, 0.2) is 11.0 Å². The minimum absolute atomic E-state index is 0.0665. The van der Waals surface area contributed by atoms with Gasteiger partial charge in [-0.3, -0.25) is 4.55 Å². The van der Waals surface area contributed by atoms with Gasteiger partial charge in [-0.05, 0) is 49.8 Å². The van der Waals surface area contributed by atoms with E-state index in [1.165, 1.54) is 10.4 Å². The molecule has 1 N–H and O–H groups in total. The third-order valence-corrected chi connectivity index (χ3v) is 10.7. The van der Waals surface area contributed by atoms with Crippen LogP contribution < -0.4 is 14.4 Å². The average Bonchev–Trinajstić information content (AvgIpc) is 3.41. The molecule has 16 heteroatoms. The number of rotatable bonds is 9. The second-order valence-electron chi connectivity index (χ2n) is 10.8. The topological polar surface area (TPSA) is 116 Å². The summed E-state index contributed by atoms with van der Waals surface area (Å²) in [5.74, 6) is 0.781. The van der Waals surface area contributed by atoms with Crippen LogP contribution in [0.1, 0.15) is 24.7 Å². The Kier molecular flexibility index (Phi) is 9.07. The number of nitrogens with zero attached hydrogens (tertiary/aromatic N) is 5. The van der Waals surface area contributed by atoms with Crippen LogP contribution in [-0.4, -0.2) is 75.4 Å². The number of sulfonamides is 1. The molecule has 0 bridgehead atoms. The van der Waals surface area contributed by atoms with Crippen molar-refractivity contribution in [3.8, 4) is 0 Å². The molecule has 5 rings (SSSR count). The quantitative estimate of drug-likeness (QED) is 0.272. The van der Waals surface area contributed by atoms with Gasteiger partial charge in [-0.15, -0.1) is 0 Å². The molecule has 1 saturated heterocycles. The molecule has 2 aliphatic heterocycles. The zero-order valence-electron chi connectivity index (χ0n) is 25.0. The summed E-state index contributed by atoms with van der Waals surface area (Å²) in [6.45, 7) is 3.64. The Morgan fingerprint density at radius 2 is 1.73 bits per heavy atom. The highest BCUT2D eigenvalue weighted by Crippen LogP contribution is 2.43. The van der Waals surface area contributed by atoms with Crippen LogP contribution in [0.3, 0.4) is 0 Å². The maximum absolute atomic E-state index is 13.4. The molecule has 2 aliphatic rings. The number of halogens is 3. The first-order valence-corrected chi connectivity index (χ1v) is 17.3. The van der Waals surface area contributed by atoms with Crippen LogP contribution in [0.4, 0.5) is 24.5 Å². The molecule has 0 atom stereocenters. The van der Waals surface area contributed by atoms with Gasteiger partial charge in [0.1, 0.15) is 5.82 Å². The molecule has 0 amide bonds. The lowest BCUT2D eigenvalue weighted by Crippen LogP contribution is -2.40. The zero-order valence-corrected chi connectivity index (χ0v) is 26.7. The normalized spacial score (nSPS) is 17.7. The molecule has 244 valence electrons. The van der Waals surface area contributed by atoms with Gasteiger partial charge in [0.2, 0.25) is 10.0 Å². The summed E-state index contributed by atoms with van der Waals surface area (Å²) >= 11 is 0. The van der Waals surface area contributed by atoms with Gasteiger partial charge in [-0.2, -0.15) is 25.9 Å². The number of morpholine rings is 1. The van der Waals surface area contributed by atoms with Gasteiger partial charge in [0.05, 0.1) is 54.9 Å². The molecular weight excluding hydrogens is 635 g/mol. The summed E-state index contributed by atoms with van der Waals surface area (Å²) in [5, 5.41) is 0. The molecule has 45 heavy (non-hydrogen) atoms. The van der Waals surface area contributed by atoms with Crippen LogP contribution in [0.5, 0.6) is 0 Å². The summed E-state index contributed by atoms with van der Waals surface area (Å²) in [5.41, 5.74) is 1.56. The number of anilines is 2. The number of alkyl halides is 3. The van der Waals surface area contributed by atoms with Gasteiger partial charge >= 0.3 is 6.18 Å². The summed E-state index contributed by atoms with van der Waals surface area (Å²) in [7, 11) is -4.61. The fraction of sp³-hybridized carbons (Fsp3) is 0.414.